The molecule has 16 heavy (non-hydrogen) atoms. The molecule has 5 nitrogen and oxygen atoms in total. The Hall–Kier alpha value is -2.30. The highest BCUT2D eigenvalue weighted by molar-refractivity contribution is 5.88. The van der Waals surface area contributed by atoms with Crippen molar-refractivity contribution < 1.29 is 14.7 Å². The summed E-state index contributed by atoms with van der Waals surface area (Å²) in [5.41, 5.74) is 7.09. The summed E-state index contributed by atoms with van der Waals surface area (Å²) >= 11 is 0. The molecular weight excluding hydrogens is 208 g/mol. The van der Waals surface area contributed by atoms with E-state index in [2.05, 4.69) is 10.9 Å². The lowest BCUT2D eigenvalue weighted by atomic mass is 10.1. The summed E-state index contributed by atoms with van der Waals surface area (Å²) in [5.74, 6) is -1.05. The van der Waals surface area contributed by atoms with Gasteiger partial charge in [-0.1, -0.05) is 12.1 Å². The van der Waals surface area contributed by atoms with Crippen LogP contribution < -0.4 is 10.9 Å². The molecule has 0 radical (unpaired) electrons. The number of carboxylic acids is 1. The third-order valence-electron chi connectivity index (χ3n) is 2.27. The standard InChI is InChI=1S/C11H10N2O3/c14-10-6-5-9(12-13-10)7-1-3-8(4-2-7)11(15)16/h1-5,12H,6H2,(H,13,14)(H,15,16). The molecular formula is C11H10N2O3. The van der Waals surface area contributed by atoms with Crippen molar-refractivity contribution in [2.45, 2.75) is 6.42 Å². The second kappa shape index (κ2) is 4.06. The first-order chi connectivity index (χ1) is 7.66. The molecule has 1 aromatic carbocycles. The van der Waals surface area contributed by atoms with Crippen molar-refractivity contribution in [3.63, 3.8) is 0 Å². The van der Waals surface area contributed by atoms with E-state index in [0.29, 0.717) is 6.42 Å². The molecule has 1 aliphatic rings. The summed E-state index contributed by atoms with van der Waals surface area (Å²) in [4.78, 5) is 21.5. The van der Waals surface area contributed by atoms with Gasteiger partial charge < -0.3 is 5.11 Å². The van der Waals surface area contributed by atoms with Gasteiger partial charge in [-0.05, 0) is 23.8 Å². The van der Waals surface area contributed by atoms with Gasteiger partial charge in [0.15, 0.2) is 0 Å². The van der Waals surface area contributed by atoms with Crippen molar-refractivity contribution in [3.8, 4) is 0 Å². The van der Waals surface area contributed by atoms with E-state index >= 15 is 0 Å². The van der Waals surface area contributed by atoms with Gasteiger partial charge in [0.2, 0.25) is 5.91 Å². The Labute approximate surface area is 91.7 Å². The van der Waals surface area contributed by atoms with Gasteiger partial charge in [-0.2, -0.15) is 0 Å². The van der Waals surface area contributed by atoms with E-state index in [4.69, 9.17) is 5.11 Å². The molecule has 0 bridgehead atoms. The summed E-state index contributed by atoms with van der Waals surface area (Å²) in [6, 6.07) is 6.44. The van der Waals surface area contributed by atoms with E-state index < -0.39 is 5.97 Å². The molecule has 0 atom stereocenters. The van der Waals surface area contributed by atoms with E-state index in [0.717, 1.165) is 11.3 Å². The molecule has 1 heterocycles. The van der Waals surface area contributed by atoms with Crippen molar-refractivity contribution in [1.29, 1.82) is 0 Å². The summed E-state index contributed by atoms with van der Waals surface area (Å²) in [7, 11) is 0. The molecule has 2 rings (SSSR count). The highest BCUT2D eigenvalue weighted by Crippen LogP contribution is 2.14. The predicted octanol–water partition coefficient (Wildman–Crippen LogP) is 0.750. The van der Waals surface area contributed by atoms with Crippen LogP contribution in [0.25, 0.3) is 5.70 Å². The van der Waals surface area contributed by atoms with Crippen molar-refractivity contribution >= 4 is 17.6 Å². The van der Waals surface area contributed by atoms with Crippen LogP contribution in [-0.4, -0.2) is 17.0 Å². The first kappa shape index (κ1) is 10.2. The lowest BCUT2D eigenvalue weighted by molar-refractivity contribution is -0.121. The van der Waals surface area contributed by atoms with Crippen LogP contribution in [0.4, 0.5) is 0 Å². The van der Waals surface area contributed by atoms with Gasteiger partial charge in [-0.3, -0.25) is 15.6 Å². The van der Waals surface area contributed by atoms with Gasteiger partial charge in [0.05, 0.1) is 11.3 Å². The Bertz CT molecular complexity index is 463. The fourth-order valence-electron chi connectivity index (χ4n) is 1.42. The van der Waals surface area contributed by atoms with Crippen LogP contribution in [0.1, 0.15) is 22.3 Å². The Kier molecular flexibility index (Phi) is 2.59. The number of carbonyl (C=O) groups excluding carboxylic acids is 1. The minimum absolute atomic E-state index is 0.0918. The number of hydrazine groups is 1. The van der Waals surface area contributed by atoms with E-state index in [1.165, 1.54) is 12.1 Å². The van der Waals surface area contributed by atoms with Crippen molar-refractivity contribution in [2.24, 2.45) is 0 Å². The third kappa shape index (κ3) is 2.03. The maximum absolute atomic E-state index is 10.9. The summed E-state index contributed by atoms with van der Waals surface area (Å²) in [5, 5.41) is 8.73. The third-order valence-corrected chi connectivity index (χ3v) is 2.27. The second-order valence-electron chi connectivity index (χ2n) is 3.38. The second-order valence-corrected chi connectivity index (χ2v) is 3.38. The minimum Gasteiger partial charge on any atom is -0.478 e. The molecule has 5 heteroatoms. The quantitative estimate of drug-likeness (QED) is 0.684. The number of benzene rings is 1. The molecule has 82 valence electrons. The van der Waals surface area contributed by atoms with Gasteiger partial charge in [0, 0.05) is 6.42 Å². The maximum Gasteiger partial charge on any atom is 0.335 e. The Balaban J connectivity index is 2.22. The van der Waals surface area contributed by atoms with Crippen LogP contribution in [0.2, 0.25) is 0 Å². The summed E-state index contributed by atoms with van der Waals surface area (Å²) < 4.78 is 0. The molecule has 0 saturated heterocycles. The Morgan fingerprint density at radius 3 is 2.38 bits per heavy atom. The van der Waals surface area contributed by atoms with Crippen LogP contribution in [0.15, 0.2) is 30.3 Å². The summed E-state index contributed by atoms with van der Waals surface area (Å²) in [6.07, 6.45) is 2.08. The zero-order valence-corrected chi connectivity index (χ0v) is 8.36. The first-order valence-electron chi connectivity index (χ1n) is 4.75. The van der Waals surface area contributed by atoms with E-state index in [1.807, 2.05) is 0 Å². The van der Waals surface area contributed by atoms with Gasteiger partial charge in [-0.25, -0.2) is 4.79 Å². The van der Waals surface area contributed by atoms with Gasteiger partial charge in [0.25, 0.3) is 0 Å². The molecule has 3 N–H and O–H groups in total. The molecule has 1 aromatic rings. The molecule has 0 spiro atoms. The topological polar surface area (TPSA) is 78.4 Å². The number of carboxylic acid groups (broad SMARTS) is 1. The van der Waals surface area contributed by atoms with E-state index in [-0.39, 0.29) is 11.5 Å². The van der Waals surface area contributed by atoms with Crippen LogP contribution in [0, 0.1) is 0 Å². The van der Waals surface area contributed by atoms with E-state index in [1.54, 1.807) is 18.2 Å². The van der Waals surface area contributed by atoms with Gasteiger partial charge >= 0.3 is 5.97 Å². The smallest absolute Gasteiger partial charge is 0.335 e. The van der Waals surface area contributed by atoms with Crippen LogP contribution in [0.5, 0.6) is 0 Å². The predicted molar refractivity (Wildman–Crippen MR) is 57.3 cm³/mol. The number of nitrogens with one attached hydrogen (secondary N) is 2. The molecule has 0 fully saturated rings. The van der Waals surface area contributed by atoms with Gasteiger partial charge in [0.1, 0.15) is 0 Å². The zero-order chi connectivity index (χ0) is 11.5. The van der Waals surface area contributed by atoms with Crippen molar-refractivity contribution in [1.82, 2.24) is 10.9 Å². The maximum atomic E-state index is 10.9. The summed E-state index contributed by atoms with van der Waals surface area (Å²) in [6.45, 7) is 0. The lowest BCUT2D eigenvalue weighted by Crippen LogP contribution is -2.38. The average molecular weight is 218 g/mol. The number of aromatic carboxylic acids is 1. The number of amides is 1. The number of rotatable bonds is 2. The Morgan fingerprint density at radius 1 is 1.19 bits per heavy atom. The highest BCUT2D eigenvalue weighted by Gasteiger charge is 2.10. The van der Waals surface area contributed by atoms with Crippen LogP contribution in [-0.2, 0) is 4.79 Å². The highest BCUT2D eigenvalue weighted by atomic mass is 16.4. The number of carbonyl (C=O) groups is 2. The van der Waals surface area contributed by atoms with E-state index in [9.17, 15) is 9.59 Å². The average Bonchev–Trinajstić information content (AvgIpc) is 2.30. The lowest BCUT2D eigenvalue weighted by Gasteiger charge is -2.16. The van der Waals surface area contributed by atoms with Gasteiger partial charge in [-0.15, -0.1) is 0 Å². The molecule has 0 aromatic heterocycles. The molecule has 1 amide bonds. The molecule has 0 unspecified atom stereocenters. The normalized spacial score (nSPS) is 14.8. The van der Waals surface area contributed by atoms with Crippen molar-refractivity contribution in [3.05, 3.63) is 41.5 Å². The fourth-order valence-corrected chi connectivity index (χ4v) is 1.42. The number of hydrogen-bond acceptors (Lipinski definition) is 3. The van der Waals surface area contributed by atoms with Crippen LogP contribution >= 0.6 is 0 Å². The monoisotopic (exact) mass is 218 g/mol. The number of hydrogen-bond donors (Lipinski definition) is 3. The fraction of sp³-hybridized carbons (Fsp3) is 0.0909. The largest absolute Gasteiger partial charge is 0.478 e. The Morgan fingerprint density at radius 2 is 1.88 bits per heavy atom. The first-order valence-corrected chi connectivity index (χ1v) is 4.75. The zero-order valence-electron chi connectivity index (χ0n) is 8.36. The molecule has 0 saturated carbocycles. The SMILES string of the molecule is O=C1CC=C(c2ccc(C(=O)O)cc2)NN1. The van der Waals surface area contributed by atoms with Crippen molar-refractivity contribution in [2.75, 3.05) is 0 Å². The molecule has 0 aliphatic carbocycles. The van der Waals surface area contributed by atoms with Crippen LogP contribution in [0.3, 0.4) is 0 Å². The minimum atomic E-state index is -0.953. The molecule has 1 aliphatic heterocycles.